The number of aromatic nitrogens is 1. The topological polar surface area (TPSA) is 84.2 Å². The van der Waals surface area contributed by atoms with E-state index in [1.165, 1.54) is 16.9 Å². The summed E-state index contributed by atoms with van der Waals surface area (Å²) >= 11 is 1.39. The molecule has 7 heteroatoms. The van der Waals surface area contributed by atoms with Crippen LogP contribution in [0.1, 0.15) is 35.0 Å². The van der Waals surface area contributed by atoms with Crippen molar-refractivity contribution in [2.75, 3.05) is 11.9 Å². The highest BCUT2D eigenvalue weighted by molar-refractivity contribution is 7.12. The summed E-state index contributed by atoms with van der Waals surface area (Å²) in [7, 11) is 0. The first-order valence-corrected chi connectivity index (χ1v) is 9.71. The number of thiophene rings is 1. The smallest absolute Gasteiger partial charge is 0.261 e. The first-order chi connectivity index (χ1) is 13.2. The van der Waals surface area contributed by atoms with Gasteiger partial charge in [0, 0.05) is 24.6 Å². The maximum absolute atomic E-state index is 12.0. The third-order valence-electron chi connectivity index (χ3n) is 4.04. The molecule has 0 aliphatic heterocycles. The number of nitrogens with one attached hydrogen (secondary N) is 2. The molecule has 1 aromatic carbocycles. The molecule has 140 valence electrons. The van der Waals surface area contributed by atoms with Crippen LogP contribution in [0.3, 0.4) is 0 Å². The standard InChI is InChI=1S/C20H21N3O3S/c1-2-14-7-9-15(10-8-14)16-13-19(26-23-16)22-18(24)6-3-11-21-20(25)17-5-4-12-27-17/h4-5,7-10,12-13H,2-3,6,11H2,1H3,(H,21,25)(H,22,24). The van der Waals surface area contributed by atoms with Gasteiger partial charge in [-0.1, -0.05) is 42.4 Å². The van der Waals surface area contributed by atoms with Gasteiger partial charge in [0.15, 0.2) is 0 Å². The van der Waals surface area contributed by atoms with Crippen molar-refractivity contribution in [3.8, 4) is 11.3 Å². The Labute approximate surface area is 161 Å². The van der Waals surface area contributed by atoms with Crippen LogP contribution in [0.15, 0.2) is 52.4 Å². The number of hydrogen-bond donors (Lipinski definition) is 2. The highest BCUT2D eigenvalue weighted by Crippen LogP contribution is 2.22. The van der Waals surface area contributed by atoms with Gasteiger partial charge < -0.3 is 9.84 Å². The maximum Gasteiger partial charge on any atom is 0.261 e. The van der Waals surface area contributed by atoms with E-state index in [-0.39, 0.29) is 18.2 Å². The van der Waals surface area contributed by atoms with Crippen molar-refractivity contribution < 1.29 is 14.1 Å². The largest absolute Gasteiger partial charge is 0.351 e. The van der Waals surface area contributed by atoms with Crippen LogP contribution in [0.5, 0.6) is 0 Å². The second-order valence-electron chi connectivity index (χ2n) is 6.01. The van der Waals surface area contributed by atoms with Crippen LogP contribution in [-0.4, -0.2) is 23.5 Å². The number of benzene rings is 1. The van der Waals surface area contributed by atoms with Crippen LogP contribution in [-0.2, 0) is 11.2 Å². The molecule has 3 rings (SSSR count). The lowest BCUT2D eigenvalue weighted by Crippen LogP contribution is -2.24. The number of nitrogens with zero attached hydrogens (tertiary/aromatic N) is 1. The van der Waals surface area contributed by atoms with Gasteiger partial charge in [-0.05, 0) is 29.9 Å². The molecule has 0 saturated heterocycles. The van der Waals surface area contributed by atoms with Crippen molar-refractivity contribution in [1.29, 1.82) is 0 Å². The van der Waals surface area contributed by atoms with Crippen LogP contribution in [0.2, 0.25) is 0 Å². The molecule has 0 bridgehead atoms. The van der Waals surface area contributed by atoms with Gasteiger partial charge in [-0.3, -0.25) is 14.9 Å². The maximum atomic E-state index is 12.0. The highest BCUT2D eigenvalue weighted by atomic mass is 32.1. The van der Waals surface area contributed by atoms with E-state index in [0.29, 0.717) is 29.4 Å². The van der Waals surface area contributed by atoms with Crippen molar-refractivity contribution in [1.82, 2.24) is 10.5 Å². The predicted molar refractivity (Wildman–Crippen MR) is 106 cm³/mol. The highest BCUT2D eigenvalue weighted by Gasteiger charge is 2.10. The van der Waals surface area contributed by atoms with Gasteiger partial charge in [0.05, 0.1) is 4.88 Å². The molecule has 2 aromatic heterocycles. The molecular formula is C20H21N3O3S. The van der Waals surface area contributed by atoms with Crippen molar-refractivity contribution in [3.63, 3.8) is 0 Å². The monoisotopic (exact) mass is 383 g/mol. The van der Waals surface area contributed by atoms with Crippen molar-refractivity contribution in [2.45, 2.75) is 26.2 Å². The summed E-state index contributed by atoms with van der Waals surface area (Å²) in [5.41, 5.74) is 2.87. The Morgan fingerprint density at radius 1 is 1.19 bits per heavy atom. The minimum atomic E-state index is -0.176. The Balaban J connectivity index is 1.43. The Morgan fingerprint density at radius 3 is 2.70 bits per heavy atom. The van der Waals surface area contributed by atoms with E-state index < -0.39 is 0 Å². The van der Waals surface area contributed by atoms with Crippen LogP contribution in [0.4, 0.5) is 5.88 Å². The second-order valence-corrected chi connectivity index (χ2v) is 6.96. The number of carbonyl (C=O) groups is 2. The molecule has 0 aliphatic carbocycles. The molecular weight excluding hydrogens is 362 g/mol. The molecule has 2 amide bonds. The fraction of sp³-hybridized carbons (Fsp3) is 0.250. The Morgan fingerprint density at radius 2 is 2.00 bits per heavy atom. The van der Waals surface area contributed by atoms with E-state index in [1.54, 1.807) is 12.1 Å². The van der Waals surface area contributed by atoms with E-state index in [2.05, 4.69) is 22.7 Å². The molecule has 6 nitrogen and oxygen atoms in total. The van der Waals surface area contributed by atoms with E-state index in [9.17, 15) is 9.59 Å². The third-order valence-corrected chi connectivity index (χ3v) is 4.91. The molecule has 0 spiro atoms. The Hall–Kier alpha value is -2.93. The molecule has 0 aliphatic rings. The molecule has 0 atom stereocenters. The quantitative estimate of drug-likeness (QED) is 0.573. The van der Waals surface area contributed by atoms with Gasteiger partial charge in [0.1, 0.15) is 5.69 Å². The van der Waals surface area contributed by atoms with Crippen molar-refractivity contribution in [3.05, 3.63) is 58.3 Å². The average Bonchev–Trinajstić information content (AvgIpc) is 3.37. The molecule has 3 aromatic rings. The number of rotatable bonds is 8. The summed E-state index contributed by atoms with van der Waals surface area (Å²) < 4.78 is 5.19. The Kier molecular flexibility index (Phi) is 6.38. The average molecular weight is 383 g/mol. The van der Waals surface area contributed by atoms with E-state index in [4.69, 9.17) is 4.52 Å². The molecule has 0 saturated carbocycles. The van der Waals surface area contributed by atoms with Crippen LogP contribution >= 0.6 is 11.3 Å². The minimum absolute atomic E-state index is 0.112. The number of hydrogen-bond acceptors (Lipinski definition) is 5. The molecule has 27 heavy (non-hydrogen) atoms. The molecule has 2 N–H and O–H groups in total. The first kappa shape index (κ1) is 18.8. The van der Waals surface area contributed by atoms with Gasteiger partial charge in [-0.2, -0.15) is 0 Å². The van der Waals surface area contributed by atoms with Crippen LogP contribution in [0, 0.1) is 0 Å². The van der Waals surface area contributed by atoms with Gasteiger partial charge >= 0.3 is 0 Å². The van der Waals surface area contributed by atoms with Gasteiger partial charge in [0.2, 0.25) is 11.8 Å². The molecule has 0 radical (unpaired) electrons. The summed E-state index contributed by atoms with van der Waals surface area (Å²) in [4.78, 5) is 24.5. The van der Waals surface area contributed by atoms with Crippen LogP contribution < -0.4 is 10.6 Å². The predicted octanol–water partition coefficient (Wildman–Crippen LogP) is 4.11. The summed E-state index contributed by atoms with van der Waals surface area (Å²) in [5, 5.41) is 11.3. The lowest BCUT2D eigenvalue weighted by Gasteiger charge is -2.03. The van der Waals surface area contributed by atoms with Gasteiger partial charge in [-0.25, -0.2) is 0 Å². The lowest BCUT2D eigenvalue weighted by atomic mass is 10.1. The molecule has 0 fully saturated rings. The number of aryl methyl sites for hydroxylation is 1. The summed E-state index contributed by atoms with van der Waals surface area (Å²) in [5.74, 6) is 0.0287. The number of anilines is 1. The summed E-state index contributed by atoms with van der Waals surface area (Å²) in [6.07, 6.45) is 1.81. The zero-order valence-corrected chi connectivity index (χ0v) is 15.8. The zero-order valence-electron chi connectivity index (χ0n) is 15.0. The SMILES string of the molecule is CCc1ccc(-c2cc(NC(=O)CCCNC(=O)c3cccs3)on2)cc1. The second kappa shape index (κ2) is 9.14. The molecule has 2 heterocycles. The zero-order chi connectivity index (χ0) is 19.1. The van der Waals surface area contributed by atoms with Gasteiger partial charge in [0.25, 0.3) is 5.91 Å². The lowest BCUT2D eigenvalue weighted by molar-refractivity contribution is -0.116. The first-order valence-electron chi connectivity index (χ1n) is 8.83. The molecule has 0 unspecified atom stereocenters. The normalized spacial score (nSPS) is 10.6. The fourth-order valence-electron chi connectivity index (χ4n) is 2.53. The number of amides is 2. The minimum Gasteiger partial charge on any atom is -0.351 e. The Bertz CT molecular complexity index is 886. The van der Waals surface area contributed by atoms with Crippen molar-refractivity contribution >= 4 is 29.0 Å². The third kappa shape index (κ3) is 5.27. The van der Waals surface area contributed by atoms with Crippen LogP contribution in [0.25, 0.3) is 11.3 Å². The summed E-state index contributed by atoms with van der Waals surface area (Å²) in [6.45, 7) is 2.54. The van der Waals surface area contributed by atoms with Crippen molar-refractivity contribution in [2.24, 2.45) is 0 Å². The number of carbonyl (C=O) groups excluding carboxylic acids is 2. The summed E-state index contributed by atoms with van der Waals surface area (Å²) in [6, 6.07) is 13.4. The van der Waals surface area contributed by atoms with E-state index >= 15 is 0 Å². The van der Waals surface area contributed by atoms with E-state index in [0.717, 1.165) is 12.0 Å². The fourth-order valence-corrected chi connectivity index (χ4v) is 3.17. The van der Waals surface area contributed by atoms with E-state index in [1.807, 2.05) is 35.7 Å². The van der Waals surface area contributed by atoms with Gasteiger partial charge in [-0.15, -0.1) is 11.3 Å².